The molecular formula is C11H6F2N4O. The van der Waals surface area contributed by atoms with E-state index in [0.717, 1.165) is 22.9 Å². The first-order chi connectivity index (χ1) is 8.60. The van der Waals surface area contributed by atoms with Crippen LogP contribution in [0.1, 0.15) is 16.2 Å². The molecule has 0 radical (unpaired) electrons. The van der Waals surface area contributed by atoms with Gasteiger partial charge in [0.25, 0.3) is 5.82 Å². The van der Waals surface area contributed by atoms with Crippen molar-refractivity contribution in [2.24, 2.45) is 0 Å². The van der Waals surface area contributed by atoms with Gasteiger partial charge >= 0.3 is 0 Å². The standard InChI is InChI=1S/C11H6F2N4O/c12-7-1-2-9(13)8(3-7)10(18)5-17-6-15-11(4-14)16-17/h1-3,6H,5H2. The van der Waals surface area contributed by atoms with Crippen LogP contribution >= 0.6 is 0 Å². The van der Waals surface area contributed by atoms with Gasteiger partial charge in [-0.2, -0.15) is 5.26 Å². The van der Waals surface area contributed by atoms with Crippen molar-refractivity contribution in [1.29, 1.82) is 5.26 Å². The first kappa shape index (κ1) is 11.9. The predicted octanol–water partition coefficient (Wildman–Crippen LogP) is 1.31. The Hall–Kier alpha value is -2.62. The summed E-state index contributed by atoms with van der Waals surface area (Å²) in [4.78, 5) is 15.3. The number of hydrogen-bond donors (Lipinski definition) is 0. The maximum absolute atomic E-state index is 13.3. The molecule has 0 bridgehead atoms. The van der Waals surface area contributed by atoms with Crippen molar-refractivity contribution in [3.8, 4) is 6.07 Å². The van der Waals surface area contributed by atoms with Crippen LogP contribution in [0, 0.1) is 23.0 Å². The fourth-order valence-corrected chi connectivity index (χ4v) is 1.37. The van der Waals surface area contributed by atoms with Crippen LogP contribution in [0.4, 0.5) is 8.78 Å². The largest absolute Gasteiger partial charge is 0.292 e. The first-order valence-electron chi connectivity index (χ1n) is 4.88. The summed E-state index contributed by atoms with van der Waals surface area (Å²) < 4.78 is 27.3. The lowest BCUT2D eigenvalue weighted by atomic mass is 10.1. The van der Waals surface area contributed by atoms with E-state index >= 15 is 0 Å². The Bertz CT molecular complexity index is 645. The van der Waals surface area contributed by atoms with Crippen LogP contribution in [-0.2, 0) is 6.54 Å². The molecule has 0 aliphatic carbocycles. The van der Waals surface area contributed by atoms with Gasteiger partial charge in [-0.15, -0.1) is 5.10 Å². The van der Waals surface area contributed by atoms with Crippen molar-refractivity contribution < 1.29 is 13.6 Å². The maximum atomic E-state index is 13.3. The van der Waals surface area contributed by atoms with Gasteiger partial charge in [-0.25, -0.2) is 18.4 Å². The Labute approximate surface area is 100 Å². The number of ketones is 1. The SMILES string of the molecule is N#Cc1ncn(CC(=O)c2cc(F)ccc2F)n1. The minimum Gasteiger partial charge on any atom is -0.292 e. The van der Waals surface area contributed by atoms with Crippen molar-refractivity contribution >= 4 is 5.78 Å². The zero-order valence-corrected chi connectivity index (χ0v) is 8.97. The lowest BCUT2D eigenvalue weighted by Gasteiger charge is -2.02. The molecule has 2 rings (SSSR count). The van der Waals surface area contributed by atoms with E-state index in [-0.39, 0.29) is 17.9 Å². The Morgan fingerprint density at radius 3 is 2.89 bits per heavy atom. The average molecular weight is 248 g/mol. The van der Waals surface area contributed by atoms with Crippen LogP contribution in [0.15, 0.2) is 24.5 Å². The van der Waals surface area contributed by atoms with Gasteiger partial charge < -0.3 is 0 Å². The van der Waals surface area contributed by atoms with Crippen molar-refractivity contribution in [3.05, 3.63) is 47.5 Å². The van der Waals surface area contributed by atoms with Crippen LogP contribution in [0.2, 0.25) is 0 Å². The summed E-state index contributed by atoms with van der Waals surface area (Å²) in [6.07, 6.45) is 1.17. The topological polar surface area (TPSA) is 71.6 Å². The third kappa shape index (κ3) is 2.38. The number of halogens is 2. The molecule has 0 spiro atoms. The fraction of sp³-hybridized carbons (Fsp3) is 0.0909. The Morgan fingerprint density at radius 2 is 2.22 bits per heavy atom. The van der Waals surface area contributed by atoms with E-state index in [2.05, 4.69) is 10.1 Å². The van der Waals surface area contributed by atoms with Gasteiger partial charge in [0.05, 0.1) is 5.56 Å². The van der Waals surface area contributed by atoms with Crippen molar-refractivity contribution in [2.75, 3.05) is 0 Å². The Morgan fingerprint density at radius 1 is 1.44 bits per heavy atom. The highest BCUT2D eigenvalue weighted by Gasteiger charge is 2.14. The minimum absolute atomic E-state index is 0.0949. The van der Waals surface area contributed by atoms with Gasteiger partial charge in [0.1, 0.15) is 30.6 Å². The number of nitriles is 1. The van der Waals surface area contributed by atoms with Gasteiger partial charge in [-0.05, 0) is 18.2 Å². The summed E-state index contributed by atoms with van der Waals surface area (Å²) in [5.41, 5.74) is -0.357. The normalized spacial score (nSPS) is 10.1. The Kier molecular flexibility index (Phi) is 3.10. The minimum atomic E-state index is -0.804. The molecule has 1 aromatic carbocycles. The van der Waals surface area contributed by atoms with Gasteiger partial charge in [0, 0.05) is 0 Å². The molecule has 7 heteroatoms. The second-order valence-corrected chi connectivity index (χ2v) is 3.42. The highest BCUT2D eigenvalue weighted by atomic mass is 19.1. The second-order valence-electron chi connectivity index (χ2n) is 3.42. The molecule has 0 saturated carbocycles. The van der Waals surface area contributed by atoms with E-state index < -0.39 is 17.4 Å². The van der Waals surface area contributed by atoms with E-state index in [4.69, 9.17) is 5.26 Å². The third-order valence-corrected chi connectivity index (χ3v) is 2.17. The number of hydrogen-bond acceptors (Lipinski definition) is 4. The maximum Gasteiger partial charge on any atom is 0.252 e. The number of rotatable bonds is 3. The number of benzene rings is 1. The molecular weight excluding hydrogens is 242 g/mol. The highest BCUT2D eigenvalue weighted by molar-refractivity contribution is 5.96. The highest BCUT2D eigenvalue weighted by Crippen LogP contribution is 2.11. The van der Waals surface area contributed by atoms with Crippen LogP contribution in [0.5, 0.6) is 0 Å². The molecule has 0 unspecified atom stereocenters. The molecule has 0 aliphatic heterocycles. The van der Waals surface area contributed by atoms with Crippen molar-refractivity contribution in [3.63, 3.8) is 0 Å². The number of nitrogens with zero attached hydrogens (tertiary/aromatic N) is 4. The second kappa shape index (κ2) is 4.71. The van der Waals surface area contributed by atoms with Crippen LogP contribution in [0.25, 0.3) is 0 Å². The van der Waals surface area contributed by atoms with Crippen molar-refractivity contribution in [1.82, 2.24) is 14.8 Å². The fourth-order valence-electron chi connectivity index (χ4n) is 1.37. The summed E-state index contributed by atoms with van der Waals surface area (Å²) in [5, 5.41) is 12.2. The lowest BCUT2D eigenvalue weighted by molar-refractivity contribution is 0.0963. The number of carbonyl (C=O) groups excluding carboxylic acids is 1. The summed E-state index contributed by atoms with van der Waals surface area (Å²) in [5.74, 6) is -2.25. The zero-order chi connectivity index (χ0) is 13.1. The molecule has 1 aromatic heterocycles. The third-order valence-electron chi connectivity index (χ3n) is 2.17. The van der Waals surface area contributed by atoms with E-state index in [1.807, 2.05) is 0 Å². The molecule has 90 valence electrons. The molecule has 0 fully saturated rings. The molecule has 0 aliphatic rings. The van der Waals surface area contributed by atoms with E-state index in [1.165, 1.54) is 6.33 Å². The average Bonchev–Trinajstić information content (AvgIpc) is 2.80. The lowest BCUT2D eigenvalue weighted by Crippen LogP contribution is -2.13. The summed E-state index contributed by atoms with van der Waals surface area (Å²) >= 11 is 0. The van der Waals surface area contributed by atoms with E-state index in [0.29, 0.717) is 0 Å². The zero-order valence-electron chi connectivity index (χ0n) is 8.97. The molecule has 0 atom stereocenters. The van der Waals surface area contributed by atoms with Gasteiger partial charge in [0.2, 0.25) is 0 Å². The summed E-state index contributed by atoms with van der Waals surface area (Å²) in [7, 11) is 0. The van der Waals surface area contributed by atoms with Crippen LogP contribution in [0.3, 0.4) is 0 Å². The molecule has 5 nitrogen and oxygen atoms in total. The van der Waals surface area contributed by atoms with E-state index in [1.54, 1.807) is 6.07 Å². The first-order valence-corrected chi connectivity index (χ1v) is 4.88. The quantitative estimate of drug-likeness (QED) is 0.768. The van der Waals surface area contributed by atoms with Gasteiger partial charge in [0.15, 0.2) is 5.78 Å². The molecule has 0 amide bonds. The molecule has 0 N–H and O–H groups in total. The monoisotopic (exact) mass is 248 g/mol. The predicted molar refractivity (Wildman–Crippen MR) is 55.4 cm³/mol. The summed E-state index contributed by atoms with van der Waals surface area (Å²) in [6, 6.07) is 4.32. The van der Waals surface area contributed by atoms with Crippen LogP contribution in [-0.4, -0.2) is 20.5 Å². The van der Waals surface area contributed by atoms with Gasteiger partial charge in [-0.3, -0.25) is 4.79 Å². The smallest absolute Gasteiger partial charge is 0.252 e. The number of carbonyl (C=O) groups is 1. The number of Topliss-reactive ketones (excluding diaryl/α,β-unsaturated/α-hetero) is 1. The molecule has 1 heterocycles. The van der Waals surface area contributed by atoms with Crippen LogP contribution < -0.4 is 0 Å². The van der Waals surface area contributed by atoms with Crippen molar-refractivity contribution in [2.45, 2.75) is 6.54 Å². The molecule has 2 aromatic rings. The number of aromatic nitrogens is 3. The Balaban J connectivity index is 2.22. The van der Waals surface area contributed by atoms with Gasteiger partial charge in [-0.1, -0.05) is 0 Å². The van der Waals surface area contributed by atoms with E-state index in [9.17, 15) is 13.6 Å². The molecule has 18 heavy (non-hydrogen) atoms. The summed E-state index contributed by atoms with van der Waals surface area (Å²) in [6.45, 7) is -0.310. The molecule has 0 saturated heterocycles.